The largest absolute Gasteiger partial charge is 0.427 e. The van der Waals surface area contributed by atoms with Crippen LogP contribution < -0.4 is 15.4 Å². The highest BCUT2D eigenvalue weighted by Crippen LogP contribution is 2.22. The SMILES string of the molecule is CCC(=O)N(C(=O)CN)c1cccc(OC(C)=O)c1. The third-order valence-corrected chi connectivity index (χ3v) is 2.31. The van der Waals surface area contributed by atoms with Crippen LogP contribution in [0.1, 0.15) is 20.3 Å². The molecule has 0 aliphatic heterocycles. The van der Waals surface area contributed by atoms with Gasteiger partial charge in [0.1, 0.15) is 5.75 Å². The molecule has 0 heterocycles. The topological polar surface area (TPSA) is 89.7 Å². The number of ether oxygens (including phenoxy) is 1. The van der Waals surface area contributed by atoms with Crippen LogP contribution in [-0.4, -0.2) is 24.3 Å². The van der Waals surface area contributed by atoms with E-state index in [1.165, 1.54) is 13.0 Å². The lowest BCUT2D eigenvalue weighted by Gasteiger charge is -2.20. The molecule has 102 valence electrons. The van der Waals surface area contributed by atoms with Crippen LogP contribution in [-0.2, 0) is 14.4 Å². The van der Waals surface area contributed by atoms with E-state index in [2.05, 4.69) is 0 Å². The van der Waals surface area contributed by atoms with E-state index < -0.39 is 11.9 Å². The van der Waals surface area contributed by atoms with Crippen LogP contribution in [0.2, 0.25) is 0 Å². The molecular weight excluding hydrogens is 248 g/mol. The Balaban J connectivity index is 3.12. The molecule has 0 saturated carbocycles. The van der Waals surface area contributed by atoms with Crippen molar-refractivity contribution in [3.8, 4) is 5.75 Å². The van der Waals surface area contributed by atoms with Crippen molar-refractivity contribution in [3.05, 3.63) is 24.3 Å². The van der Waals surface area contributed by atoms with Crippen molar-refractivity contribution in [2.24, 2.45) is 5.73 Å². The molecule has 0 aliphatic rings. The minimum atomic E-state index is -0.508. The number of imide groups is 1. The zero-order valence-electron chi connectivity index (χ0n) is 10.9. The maximum atomic E-state index is 11.8. The van der Waals surface area contributed by atoms with Crippen LogP contribution in [0.25, 0.3) is 0 Å². The lowest BCUT2D eigenvalue weighted by atomic mass is 10.2. The monoisotopic (exact) mass is 264 g/mol. The summed E-state index contributed by atoms with van der Waals surface area (Å²) in [4.78, 5) is 35.4. The number of carbonyl (C=O) groups excluding carboxylic acids is 3. The van der Waals surface area contributed by atoms with Gasteiger partial charge in [0.05, 0.1) is 12.2 Å². The van der Waals surface area contributed by atoms with E-state index in [0.717, 1.165) is 4.90 Å². The van der Waals surface area contributed by atoms with Crippen molar-refractivity contribution in [1.29, 1.82) is 0 Å². The van der Waals surface area contributed by atoms with Gasteiger partial charge in [0, 0.05) is 19.4 Å². The lowest BCUT2D eigenvalue weighted by molar-refractivity contribution is -0.132. The second-order valence-electron chi connectivity index (χ2n) is 3.77. The zero-order valence-corrected chi connectivity index (χ0v) is 10.9. The van der Waals surface area contributed by atoms with Crippen molar-refractivity contribution in [2.45, 2.75) is 20.3 Å². The predicted molar refractivity (Wildman–Crippen MR) is 69.6 cm³/mol. The van der Waals surface area contributed by atoms with E-state index in [4.69, 9.17) is 10.5 Å². The highest BCUT2D eigenvalue weighted by molar-refractivity contribution is 6.15. The molecule has 6 nitrogen and oxygen atoms in total. The number of hydrogen-bond acceptors (Lipinski definition) is 5. The van der Waals surface area contributed by atoms with Crippen molar-refractivity contribution in [2.75, 3.05) is 11.4 Å². The van der Waals surface area contributed by atoms with Crippen LogP contribution in [0.3, 0.4) is 0 Å². The van der Waals surface area contributed by atoms with Crippen molar-refractivity contribution < 1.29 is 19.1 Å². The first-order valence-electron chi connectivity index (χ1n) is 5.84. The van der Waals surface area contributed by atoms with E-state index in [1.54, 1.807) is 25.1 Å². The molecule has 0 unspecified atom stereocenters. The van der Waals surface area contributed by atoms with E-state index >= 15 is 0 Å². The number of benzene rings is 1. The molecule has 0 aromatic heterocycles. The fraction of sp³-hybridized carbons (Fsp3) is 0.308. The van der Waals surface area contributed by atoms with Crippen molar-refractivity contribution in [1.82, 2.24) is 0 Å². The first-order chi connectivity index (χ1) is 8.99. The molecule has 0 spiro atoms. The van der Waals surface area contributed by atoms with Gasteiger partial charge in [-0.3, -0.25) is 14.4 Å². The van der Waals surface area contributed by atoms with Crippen LogP contribution >= 0.6 is 0 Å². The minimum absolute atomic E-state index is 0.170. The fourth-order valence-electron chi connectivity index (χ4n) is 1.53. The van der Waals surface area contributed by atoms with Crippen LogP contribution in [0.4, 0.5) is 5.69 Å². The summed E-state index contributed by atoms with van der Waals surface area (Å²) in [5.41, 5.74) is 5.63. The summed E-state index contributed by atoms with van der Waals surface area (Å²) >= 11 is 0. The van der Waals surface area contributed by atoms with E-state index in [0.29, 0.717) is 5.69 Å². The molecule has 2 N–H and O–H groups in total. The third kappa shape index (κ3) is 3.89. The molecule has 1 aromatic carbocycles. The molecule has 2 amide bonds. The molecule has 1 rings (SSSR count). The Hall–Kier alpha value is -2.21. The Morgan fingerprint density at radius 3 is 2.47 bits per heavy atom. The highest BCUT2D eigenvalue weighted by atomic mass is 16.5. The second kappa shape index (κ2) is 6.65. The minimum Gasteiger partial charge on any atom is -0.427 e. The fourth-order valence-corrected chi connectivity index (χ4v) is 1.53. The number of hydrogen-bond donors (Lipinski definition) is 1. The van der Waals surface area contributed by atoms with Gasteiger partial charge in [0.25, 0.3) is 0 Å². The number of esters is 1. The predicted octanol–water partition coefficient (Wildman–Crippen LogP) is 0.840. The Morgan fingerprint density at radius 2 is 1.95 bits per heavy atom. The molecule has 1 aromatic rings. The van der Waals surface area contributed by atoms with E-state index in [-0.39, 0.29) is 24.6 Å². The Labute approximate surface area is 111 Å². The average molecular weight is 264 g/mol. The summed E-state index contributed by atoms with van der Waals surface area (Å²) in [5, 5.41) is 0. The molecule has 0 atom stereocenters. The van der Waals surface area contributed by atoms with Crippen LogP contribution in [0, 0.1) is 0 Å². The van der Waals surface area contributed by atoms with Gasteiger partial charge in [-0.05, 0) is 12.1 Å². The maximum absolute atomic E-state index is 11.8. The number of rotatable bonds is 4. The Kier molecular flexibility index (Phi) is 5.20. The summed E-state index contributed by atoms with van der Waals surface area (Å²) in [6.07, 6.45) is 0.170. The first kappa shape index (κ1) is 14.8. The maximum Gasteiger partial charge on any atom is 0.308 e. The molecular formula is C13H16N2O4. The van der Waals surface area contributed by atoms with Gasteiger partial charge in [0.2, 0.25) is 11.8 Å². The van der Waals surface area contributed by atoms with Crippen molar-refractivity contribution >= 4 is 23.5 Å². The van der Waals surface area contributed by atoms with Crippen LogP contribution in [0.15, 0.2) is 24.3 Å². The molecule has 0 radical (unpaired) electrons. The zero-order chi connectivity index (χ0) is 14.4. The lowest BCUT2D eigenvalue weighted by Crippen LogP contribution is -2.40. The van der Waals surface area contributed by atoms with Crippen molar-refractivity contribution in [3.63, 3.8) is 0 Å². The number of carbonyl (C=O) groups is 3. The number of nitrogens with two attached hydrogens (primary N) is 1. The second-order valence-corrected chi connectivity index (χ2v) is 3.77. The number of nitrogens with zero attached hydrogens (tertiary/aromatic N) is 1. The quantitative estimate of drug-likeness (QED) is 0.643. The molecule has 0 fully saturated rings. The van der Waals surface area contributed by atoms with Gasteiger partial charge in [-0.15, -0.1) is 0 Å². The van der Waals surface area contributed by atoms with Crippen LogP contribution in [0.5, 0.6) is 5.75 Å². The van der Waals surface area contributed by atoms with Gasteiger partial charge in [-0.1, -0.05) is 13.0 Å². The van der Waals surface area contributed by atoms with Gasteiger partial charge in [-0.2, -0.15) is 0 Å². The number of anilines is 1. The summed E-state index contributed by atoms with van der Waals surface area (Å²) in [6, 6.07) is 6.18. The Morgan fingerprint density at radius 1 is 1.26 bits per heavy atom. The highest BCUT2D eigenvalue weighted by Gasteiger charge is 2.21. The summed E-state index contributed by atoms with van der Waals surface area (Å²) < 4.78 is 4.91. The van der Waals surface area contributed by atoms with E-state index in [1.807, 2.05) is 0 Å². The first-order valence-corrected chi connectivity index (χ1v) is 5.84. The normalized spacial score (nSPS) is 9.84. The smallest absolute Gasteiger partial charge is 0.308 e. The van der Waals surface area contributed by atoms with Gasteiger partial charge >= 0.3 is 5.97 Å². The summed E-state index contributed by atoms with van der Waals surface area (Å²) in [5.74, 6) is -1.08. The molecule has 19 heavy (non-hydrogen) atoms. The van der Waals surface area contributed by atoms with Gasteiger partial charge in [0.15, 0.2) is 0 Å². The molecule has 0 aliphatic carbocycles. The molecule has 0 bridgehead atoms. The molecule has 0 saturated heterocycles. The van der Waals surface area contributed by atoms with Gasteiger partial charge < -0.3 is 10.5 Å². The number of amides is 2. The standard InChI is InChI=1S/C13H16N2O4/c1-3-12(17)15(13(18)8-14)10-5-4-6-11(7-10)19-9(2)16/h4-7H,3,8,14H2,1-2H3. The summed E-state index contributed by atoms with van der Waals surface area (Å²) in [7, 11) is 0. The van der Waals surface area contributed by atoms with Gasteiger partial charge in [-0.25, -0.2) is 4.90 Å². The molecule has 6 heteroatoms. The summed E-state index contributed by atoms with van der Waals surface area (Å²) in [6.45, 7) is 2.64. The Bertz CT molecular complexity index is 483. The third-order valence-electron chi connectivity index (χ3n) is 2.31. The average Bonchev–Trinajstić information content (AvgIpc) is 2.38. The van der Waals surface area contributed by atoms with E-state index in [9.17, 15) is 14.4 Å².